The number of rotatable bonds is 25. The first kappa shape index (κ1) is 33.8. The van der Waals surface area contributed by atoms with E-state index in [1.165, 1.54) is 64.2 Å². The maximum atomic E-state index is 11.6. The topological polar surface area (TPSA) is 93.1 Å². The highest BCUT2D eigenvalue weighted by molar-refractivity contribution is 7.99. The van der Waals surface area contributed by atoms with Gasteiger partial charge in [-0.1, -0.05) is 102 Å². The molecule has 0 aliphatic rings. The zero-order chi connectivity index (χ0) is 25.7. The Bertz CT molecular complexity index is 510. The van der Waals surface area contributed by atoms with Crippen LogP contribution in [0.5, 0.6) is 0 Å². The summed E-state index contributed by atoms with van der Waals surface area (Å²) in [7, 11) is -1.48. The number of aliphatic hydroxyl groups is 1. The molecule has 0 radical (unpaired) electrons. The Labute approximate surface area is 214 Å². The Morgan fingerprint density at radius 2 is 1.41 bits per heavy atom. The van der Waals surface area contributed by atoms with E-state index in [9.17, 15) is 19.6 Å². The monoisotopic (exact) mass is 523 g/mol. The minimum atomic E-state index is -2.56. The third kappa shape index (κ3) is 15.0. The van der Waals surface area contributed by atoms with Gasteiger partial charge in [-0.3, -0.25) is 0 Å². The first-order valence-corrected chi connectivity index (χ1v) is 15.6. The Morgan fingerprint density at radius 3 is 1.91 bits per heavy atom. The molecule has 2 N–H and O–H groups in total. The standard InChI is InChI=1S/C26H51O6PS/c1-5-8-10-12-13-14-15-16-18-21-34-23(19-17-11-9-6-2)22(4)32-25(31-20-7-3)26(29,33-30)24(27)28/h22-23,25,29H,5-21H2,1-4H3,(H,27,28)/p+1. The third-order valence-corrected chi connectivity index (χ3v) is 8.41. The number of unbranched alkanes of at least 4 members (excludes halogenated alkanes) is 11. The Morgan fingerprint density at radius 1 is 0.882 bits per heavy atom. The van der Waals surface area contributed by atoms with E-state index in [1.807, 2.05) is 25.6 Å². The van der Waals surface area contributed by atoms with Crippen molar-refractivity contribution in [2.75, 3.05) is 12.4 Å². The molecule has 34 heavy (non-hydrogen) atoms. The Hall–Kier alpha value is -0.200. The number of thioether (sulfide) groups is 1. The molecule has 0 bridgehead atoms. The molecule has 5 unspecified atom stereocenters. The number of aliphatic carboxylic acids is 1. The van der Waals surface area contributed by atoms with Crippen LogP contribution in [-0.4, -0.2) is 51.5 Å². The second-order valence-corrected chi connectivity index (χ2v) is 11.6. The molecule has 0 aliphatic carbocycles. The average Bonchev–Trinajstić information content (AvgIpc) is 2.83. The van der Waals surface area contributed by atoms with Crippen molar-refractivity contribution < 1.29 is 29.0 Å². The quantitative estimate of drug-likeness (QED) is 0.0725. The molecule has 0 saturated heterocycles. The minimum absolute atomic E-state index is 0.173. The summed E-state index contributed by atoms with van der Waals surface area (Å²) in [4.78, 5) is 11.6. The van der Waals surface area contributed by atoms with Gasteiger partial charge >= 0.3 is 19.8 Å². The number of carboxylic acids is 1. The van der Waals surface area contributed by atoms with Crippen molar-refractivity contribution in [1.82, 2.24) is 0 Å². The summed E-state index contributed by atoms with van der Waals surface area (Å²) in [5.74, 6) is -0.550. The normalized spacial score (nSPS) is 16.3. The lowest BCUT2D eigenvalue weighted by Gasteiger charge is -2.30. The molecular weight excluding hydrogens is 471 g/mol. The smallest absolute Gasteiger partial charge is 0.407 e. The number of hydrogen-bond acceptors (Lipinski definition) is 6. The highest BCUT2D eigenvalue weighted by atomic mass is 32.2. The van der Waals surface area contributed by atoms with Gasteiger partial charge in [-0.15, -0.1) is 0 Å². The van der Waals surface area contributed by atoms with Gasteiger partial charge in [0, 0.05) is 11.9 Å². The van der Waals surface area contributed by atoms with E-state index >= 15 is 0 Å². The second kappa shape index (κ2) is 22.0. The molecule has 0 saturated carbocycles. The summed E-state index contributed by atoms with van der Waals surface area (Å²) >= 11 is 1.87. The van der Waals surface area contributed by atoms with Crippen molar-refractivity contribution in [3.63, 3.8) is 0 Å². The van der Waals surface area contributed by atoms with E-state index in [2.05, 4.69) is 13.8 Å². The van der Waals surface area contributed by atoms with Crippen LogP contribution in [0.4, 0.5) is 0 Å². The van der Waals surface area contributed by atoms with E-state index in [-0.39, 0.29) is 18.0 Å². The van der Waals surface area contributed by atoms with E-state index in [1.54, 1.807) is 0 Å². The molecule has 0 heterocycles. The van der Waals surface area contributed by atoms with Gasteiger partial charge in [-0.2, -0.15) is 11.8 Å². The van der Waals surface area contributed by atoms with Crippen molar-refractivity contribution >= 4 is 26.2 Å². The first-order chi connectivity index (χ1) is 16.4. The molecule has 0 spiro atoms. The molecule has 202 valence electrons. The van der Waals surface area contributed by atoms with Crippen molar-refractivity contribution in [3.8, 4) is 0 Å². The summed E-state index contributed by atoms with van der Waals surface area (Å²) in [5, 5.41) is 17.5. The molecule has 0 aromatic carbocycles. The van der Waals surface area contributed by atoms with Gasteiger partial charge in [0.1, 0.15) is 0 Å². The van der Waals surface area contributed by atoms with Gasteiger partial charge in [-0.25, -0.2) is 4.79 Å². The lowest BCUT2D eigenvalue weighted by Crippen LogP contribution is -2.50. The Balaban J connectivity index is 4.78. The van der Waals surface area contributed by atoms with Crippen LogP contribution in [0, 0.1) is 0 Å². The van der Waals surface area contributed by atoms with Crippen LogP contribution in [-0.2, 0) is 18.8 Å². The van der Waals surface area contributed by atoms with E-state index in [0.29, 0.717) is 6.42 Å². The van der Waals surface area contributed by atoms with Gasteiger partial charge in [-0.05, 0) is 31.9 Å². The molecule has 5 atom stereocenters. The highest BCUT2D eigenvalue weighted by Crippen LogP contribution is 2.32. The minimum Gasteiger partial charge on any atom is -0.476 e. The summed E-state index contributed by atoms with van der Waals surface area (Å²) in [6.45, 7) is 8.46. The lowest BCUT2D eigenvalue weighted by molar-refractivity contribution is -0.230. The van der Waals surface area contributed by atoms with Crippen LogP contribution in [0.2, 0.25) is 0 Å². The highest BCUT2D eigenvalue weighted by Gasteiger charge is 2.56. The predicted molar refractivity (Wildman–Crippen MR) is 144 cm³/mol. The van der Waals surface area contributed by atoms with Gasteiger partial charge in [0.25, 0.3) is 0 Å². The number of carboxylic acid groups (broad SMARTS) is 1. The zero-order valence-corrected chi connectivity index (χ0v) is 24.0. The SMILES string of the molecule is CCCCCCCCCCCSC(CCCCCC)C(C)OC(OCCC)C(O)([PH+]=O)C(=O)O. The molecule has 0 aromatic heterocycles. The summed E-state index contributed by atoms with van der Waals surface area (Å²) in [6, 6.07) is 0. The first-order valence-electron chi connectivity index (χ1n) is 13.6. The van der Waals surface area contributed by atoms with Gasteiger partial charge < -0.3 is 19.7 Å². The molecule has 6 nitrogen and oxygen atoms in total. The zero-order valence-electron chi connectivity index (χ0n) is 22.2. The fourth-order valence-corrected chi connectivity index (χ4v) is 5.51. The molecule has 8 heteroatoms. The van der Waals surface area contributed by atoms with Crippen molar-refractivity contribution in [2.45, 2.75) is 147 Å². The third-order valence-electron chi connectivity index (χ3n) is 6.08. The molecular formula is C26H52O6PS+. The average molecular weight is 524 g/mol. The number of hydrogen-bond donors (Lipinski definition) is 2. The summed E-state index contributed by atoms with van der Waals surface area (Å²) in [5.41, 5.74) is 0. The fourth-order valence-electron chi connectivity index (χ4n) is 3.83. The van der Waals surface area contributed by atoms with Crippen LogP contribution >= 0.6 is 20.2 Å². The largest absolute Gasteiger partial charge is 0.476 e. The lowest BCUT2D eigenvalue weighted by atomic mass is 10.1. The number of ether oxygens (including phenoxy) is 2. The predicted octanol–water partition coefficient (Wildman–Crippen LogP) is 7.54. The van der Waals surface area contributed by atoms with Crippen molar-refractivity contribution in [1.29, 1.82) is 0 Å². The molecule has 0 amide bonds. The van der Waals surface area contributed by atoms with E-state index in [4.69, 9.17) is 9.47 Å². The van der Waals surface area contributed by atoms with E-state index < -0.39 is 26.1 Å². The maximum absolute atomic E-state index is 11.6. The van der Waals surface area contributed by atoms with Crippen LogP contribution in [0.3, 0.4) is 0 Å². The Kier molecular flexibility index (Phi) is 21.9. The molecule has 0 aromatic rings. The summed E-state index contributed by atoms with van der Waals surface area (Å²) in [6.07, 6.45) is 16.1. The summed E-state index contributed by atoms with van der Waals surface area (Å²) < 4.78 is 23.1. The van der Waals surface area contributed by atoms with Crippen LogP contribution in [0.25, 0.3) is 0 Å². The van der Waals surface area contributed by atoms with Gasteiger partial charge in [0.15, 0.2) is 0 Å². The molecule has 0 rings (SSSR count). The van der Waals surface area contributed by atoms with Crippen LogP contribution in [0.1, 0.15) is 124 Å². The van der Waals surface area contributed by atoms with E-state index in [0.717, 1.165) is 31.4 Å². The number of carbonyl (C=O) groups is 1. The van der Waals surface area contributed by atoms with Crippen molar-refractivity contribution in [2.24, 2.45) is 0 Å². The maximum Gasteiger partial charge on any atom is 0.407 e. The molecule has 0 fully saturated rings. The second-order valence-electron chi connectivity index (χ2n) is 9.30. The van der Waals surface area contributed by atoms with Gasteiger partial charge in [0.05, 0.1) is 6.10 Å². The van der Waals surface area contributed by atoms with Crippen LogP contribution in [0.15, 0.2) is 0 Å². The molecule has 0 aliphatic heterocycles. The van der Waals surface area contributed by atoms with Crippen molar-refractivity contribution in [3.05, 3.63) is 0 Å². The van der Waals surface area contributed by atoms with Gasteiger partial charge in [0.2, 0.25) is 6.29 Å². The van der Waals surface area contributed by atoms with Crippen LogP contribution < -0.4 is 0 Å². The fraction of sp³-hybridized carbons (Fsp3) is 0.962.